The number of benzene rings is 1. The van der Waals surface area contributed by atoms with Crippen LogP contribution >= 0.6 is 0 Å². The molecule has 0 saturated heterocycles. The summed E-state index contributed by atoms with van der Waals surface area (Å²) in [5, 5.41) is 0. The molecule has 2 aromatic rings. The Bertz CT molecular complexity index is 730. The van der Waals surface area contributed by atoms with Gasteiger partial charge in [-0.1, -0.05) is 51.7 Å². The molecule has 0 aliphatic carbocycles. The van der Waals surface area contributed by atoms with E-state index in [0.717, 1.165) is 50.2 Å². The third-order valence-electron chi connectivity index (χ3n) is 5.03. The average Bonchev–Trinajstić information content (AvgIpc) is 2.83. The maximum Gasteiger partial charge on any atom is 0.159 e. The molecule has 0 saturated carbocycles. The normalized spacial score (nSPS) is 11.2. The summed E-state index contributed by atoms with van der Waals surface area (Å²) in [6, 6.07) is 7.89. The zero-order valence-corrected chi connectivity index (χ0v) is 19.9. The van der Waals surface area contributed by atoms with Gasteiger partial charge in [0.15, 0.2) is 11.6 Å². The molecule has 5 heteroatoms. The van der Waals surface area contributed by atoms with Gasteiger partial charge in [0.25, 0.3) is 0 Å². The smallest absolute Gasteiger partial charge is 0.159 e. The predicted octanol–water partition coefficient (Wildman–Crippen LogP) is 7.02. The van der Waals surface area contributed by atoms with E-state index in [1.807, 2.05) is 24.3 Å². The van der Waals surface area contributed by atoms with Gasteiger partial charge in [0.05, 0.1) is 19.0 Å². The van der Waals surface area contributed by atoms with Gasteiger partial charge in [-0.3, -0.25) is 0 Å². The maximum absolute atomic E-state index is 5.80. The first-order valence-electron chi connectivity index (χ1n) is 12.2. The van der Waals surface area contributed by atoms with E-state index >= 15 is 0 Å². The van der Waals surface area contributed by atoms with Gasteiger partial charge in [0.1, 0.15) is 12.4 Å². The van der Waals surface area contributed by atoms with Crippen molar-refractivity contribution in [1.82, 2.24) is 9.97 Å². The molecule has 5 nitrogen and oxygen atoms in total. The van der Waals surface area contributed by atoms with Crippen LogP contribution in [0.4, 0.5) is 0 Å². The molecule has 0 unspecified atom stereocenters. The van der Waals surface area contributed by atoms with Crippen molar-refractivity contribution in [1.29, 1.82) is 0 Å². The highest BCUT2D eigenvalue weighted by atomic mass is 16.5. The van der Waals surface area contributed by atoms with Crippen molar-refractivity contribution in [2.24, 2.45) is 0 Å². The molecule has 176 valence electrons. The molecule has 0 N–H and O–H groups in total. The van der Waals surface area contributed by atoms with Gasteiger partial charge in [0, 0.05) is 18.8 Å². The Balaban J connectivity index is 1.64. The zero-order valence-electron chi connectivity index (χ0n) is 19.9. The Morgan fingerprint density at radius 1 is 0.688 bits per heavy atom. The largest absolute Gasteiger partial charge is 0.494 e. The molecule has 0 radical (unpaired) electrons. The van der Waals surface area contributed by atoms with Crippen molar-refractivity contribution in [2.45, 2.75) is 71.6 Å². The third-order valence-corrected chi connectivity index (χ3v) is 5.03. The number of nitrogens with zero attached hydrogens (tertiary/aromatic N) is 2. The van der Waals surface area contributed by atoms with E-state index in [0.29, 0.717) is 24.8 Å². The van der Waals surface area contributed by atoms with Gasteiger partial charge >= 0.3 is 0 Å². The summed E-state index contributed by atoms with van der Waals surface area (Å²) >= 11 is 0. The maximum atomic E-state index is 5.80. The molecule has 0 aliphatic rings. The molecule has 1 heterocycles. The average molecular weight is 441 g/mol. The highest BCUT2D eigenvalue weighted by Crippen LogP contribution is 2.20. The fourth-order valence-corrected chi connectivity index (χ4v) is 3.18. The summed E-state index contributed by atoms with van der Waals surface area (Å²) in [5.41, 5.74) is 0.958. The minimum atomic E-state index is 0.550. The number of hydrogen-bond acceptors (Lipinski definition) is 5. The lowest BCUT2D eigenvalue weighted by Gasteiger charge is -2.08. The fourth-order valence-electron chi connectivity index (χ4n) is 3.18. The van der Waals surface area contributed by atoms with Crippen LogP contribution in [-0.4, -0.2) is 36.4 Å². The third kappa shape index (κ3) is 11.3. The number of aromatic nitrogens is 2. The Morgan fingerprint density at radius 2 is 1.44 bits per heavy atom. The topological polar surface area (TPSA) is 53.5 Å². The SMILES string of the molecule is CCCCCCCC=CCOc1cnc(-c2ccc(OCCCCOCCC)cc2)nc1. The van der Waals surface area contributed by atoms with E-state index in [2.05, 4.69) is 36.0 Å². The van der Waals surface area contributed by atoms with Crippen molar-refractivity contribution < 1.29 is 14.2 Å². The van der Waals surface area contributed by atoms with Crippen molar-refractivity contribution in [2.75, 3.05) is 26.4 Å². The molecule has 1 aromatic carbocycles. The van der Waals surface area contributed by atoms with Crippen LogP contribution in [-0.2, 0) is 4.74 Å². The zero-order chi connectivity index (χ0) is 22.7. The molecular weight excluding hydrogens is 400 g/mol. The van der Waals surface area contributed by atoms with Gasteiger partial charge in [-0.05, 0) is 56.4 Å². The van der Waals surface area contributed by atoms with Crippen LogP contribution in [0.1, 0.15) is 71.6 Å². The van der Waals surface area contributed by atoms with Crippen LogP contribution in [0.2, 0.25) is 0 Å². The van der Waals surface area contributed by atoms with Crippen LogP contribution in [0.5, 0.6) is 11.5 Å². The molecule has 0 bridgehead atoms. The van der Waals surface area contributed by atoms with E-state index in [1.54, 1.807) is 12.4 Å². The summed E-state index contributed by atoms with van der Waals surface area (Å²) in [6.07, 6.45) is 18.5. The predicted molar refractivity (Wildman–Crippen MR) is 131 cm³/mol. The minimum Gasteiger partial charge on any atom is -0.494 e. The molecule has 0 amide bonds. The van der Waals surface area contributed by atoms with Gasteiger partial charge in [0.2, 0.25) is 0 Å². The highest BCUT2D eigenvalue weighted by Gasteiger charge is 2.03. The van der Waals surface area contributed by atoms with Gasteiger partial charge in [-0.25, -0.2) is 9.97 Å². The summed E-state index contributed by atoms with van der Waals surface area (Å²) in [4.78, 5) is 8.86. The molecular formula is C27H40N2O3. The number of ether oxygens (including phenoxy) is 3. The minimum absolute atomic E-state index is 0.550. The van der Waals surface area contributed by atoms with E-state index in [1.165, 1.54) is 32.1 Å². The Hall–Kier alpha value is -2.40. The lowest BCUT2D eigenvalue weighted by Crippen LogP contribution is -2.01. The van der Waals surface area contributed by atoms with E-state index in [9.17, 15) is 0 Å². The van der Waals surface area contributed by atoms with Gasteiger partial charge in [-0.2, -0.15) is 0 Å². The number of hydrogen-bond donors (Lipinski definition) is 0. The molecule has 0 aliphatic heterocycles. The molecule has 2 rings (SSSR count). The van der Waals surface area contributed by atoms with Crippen molar-refractivity contribution in [3.8, 4) is 22.9 Å². The molecule has 32 heavy (non-hydrogen) atoms. The van der Waals surface area contributed by atoms with Gasteiger partial charge in [-0.15, -0.1) is 0 Å². The summed E-state index contributed by atoms with van der Waals surface area (Å²) in [6.45, 7) is 7.26. The summed E-state index contributed by atoms with van der Waals surface area (Å²) < 4.78 is 17.0. The Labute approximate surface area is 194 Å². The molecule has 0 spiro atoms. The fraction of sp³-hybridized carbons (Fsp3) is 0.556. The van der Waals surface area contributed by atoms with E-state index in [-0.39, 0.29) is 0 Å². The lowest BCUT2D eigenvalue weighted by molar-refractivity contribution is 0.127. The van der Waals surface area contributed by atoms with Crippen LogP contribution in [0, 0.1) is 0 Å². The van der Waals surface area contributed by atoms with Crippen LogP contribution in [0.15, 0.2) is 48.8 Å². The molecule has 0 fully saturated rings. The molecule has 1 aromatic heterocycles. The second-order valence-electron chi connectivity index (χ2n) is 7.92. The van der Waals surface area contributed by atoms with Crippen molar-refractivity contribution >= 4 is 0 Å². The number of unbranched alkanes of at least 4 members (excludes halogenated alkanes) is 6. The summed E-state index contributed by atoms with van der Waals surface area (Å²) in [5.74, 6) is 2.23. The van der Waals surface area contributed by atoms with Crippen molar-refractivity contribution in [3.63, 3.8) is 0 Å². The second-order valence-corrected chi connectivity index (χ2v) is 7.92. The highest BCUT2D eigenvalue weighted by molar-refractivity contribution is 5.56. The standard InChI is InChI=1S/C27H40N2O3/c1-3-5-6-7-8-9-10-11-20-32-26-22-28-27(29-23-26)24-14-16-25(17-15-24)31-21-13-12-19-30-18-4-2/h10-11,14-17,22-23H,3-9,12-13,18-21H2,1-2H3. The first-order chi connectivity index (χ1) is 15.8. The van der Waals surface area contributed by atoms with Crippen LogP contribution in [0.25, 0.3) is 11.4 Å². The Kier molecular flexibility index (Phi) is 13.9. The first-order valence-corrected chi connectivity index (χ1v) is 12.2. The van der Waals surface area contributed by atoms with Crippen molar-refractivity contribution in [3.05, 3.63) is 48.8 Å². The quantitative estimate of drug-likeness (QED) is 0.184. The van der Waals surface area contributed by atoms with E-state index in [4.69, 9.17) is 14.2 Å². The monoisotopic (exact) mass is 440 g/mol. The Morgan fingerprint density at radius 3 is 2.19 bits per heavy atom. The van der Waals surface area contributed by atoms with Crippen LogP contribution < -0.4 is 9.47 Å². The molecule has 0 atom stereocenters. The van der Waals surface area contributed by atoms with Crippen LogP contribution in [0.3, 0.4) is 0 Å². The van der Waals surface area contributed by atoms with E-state index < -0.39 is 0 Å². The number of allylic oxidation sites excluding steroid dienone is 1. The summed E-state index contributed by atoms with van der Waals surface area (Å²) in [7, 11) is 0. The first kappa shape index (κ1) is 25.9. The number of rotatable bonds is 18. The second kappa shape index (κ2) is 17.2. The van der Waals surface area contributed by atoms with Gasteiger partial charge < -0.3 is 14.2 Å². The lowest BCUT2D eigenvalue weighted by atomic mass is 10.1.